The summed E-state index contributed by atoms with van der Waals surface area (Å²) >= 11 is 0. The van der Waals surface area contributed by atoms with E-state index in [1.54, 1.807) is 0 Å². The Hall–Kier alpha value is -0.300. The van der Waals surface area contributed by atoms with Crippen LogP contribution in [0, 0.1) is 5.41 Å². The highest BCUT2D eigenvalue weighted by Gasteiger charge is 2.34. The smallest absolute Gasteiger partial charge is 0.0628 e. The Labute approximate surface area is 56.4 Å². The summed E-state index contributed by atoms with van der Waals surface area (Å²) < 4.78 is 0. The highest BCUT2D eigenvalue weighted by atomic mass is 16.3. The number of aliphatic hydroxyl groups is 1. The first-order chi connectivity index (χ1) is 4.19. The SMILES string of the molecule is C=C[C@]1(C)CCC[C@H]1O. The summed E-state index contributed by atoms with van der Waals surface area (Å²) in [5.41, 5.74) is 0.0139. The highest BCUT2D eigenvalue weighted by molar-refractivity contribution is 5.00. The van der Waals surface area contributed by atoms with Gasteiger partial charge in [0.15, 0.2) is 0 Å². The minimum absolute atomic E-state index is 0.0139. The molecule has 0 unspecified atom stereocenters. The molecule has 0 heterocycles. The molecule has 0 aromatic heterocycles. The van der Waals surface area contributed by atoms with Crippen LogP contribution in [0.2, 0.25) is 0 Å². The van der Waals surface area contributed by atoms with Gasteiger partial charge in [-0.2, -0.15) is 0 Å². The summed E-state index contributed by atoms with van der Waals surface area (Å²) in [7, 11) is 0. The topological polar surface area (TPSA) is 20.2 Å². The average Bonchev–Trinajstić information content (AvgIpc) is 2.15. The quantitative estimate of drug-likeness (QED) is 0.530. The zero-order valence-electron chi connectivity index (χ0n) is 5.93. The van der Waals surface area contributed by atoms with Crippen LogP contribution in [0.15, 0.2) is 12.7 Å². The summed E-state index contributed by atoms with van der Waals surface area (Å²) in [4.78, 5) is 0. The molecule has 0 saturated heterocycles. The van der Waals surface area contributed by atoms with Crippen molar-refractivity contribution in [2.45, 2.75) is 32.3 Å². The first kappa shape index (κ1) is 6.81. The number of hydrogen-bond donors (Lipinski definition) is 1. The molecule has 1 heteroatoms. The summed E-state index contributed by atoms with van der Waals surface area (Å²) in [6.45, 7) is 5.77. The van der Waals surface area contributed by atoms with Gasteiger partial charge in [-0.25, -0.2) is 0 Å². The molecular formula is C8H14O. The zero-order chi connectivity index (χ0) is 6.91. The van der Waals surface area contributed by atoms with Crippen molar-refractivity contribution in [2.75, 3.05) is 0 Å². The lowest BCUT2D eigenvalue weighted by Crippen LogP contribution is -2.23. The maximum Gasteiger partial charge on any atom is 0.0628 e. The van der Waals surface area contributed by atoms with Crippen molar-refractivity contribution in [2.24, 2.45) is 5.41 Å². The van der Waals surface area contributed by atoms with Gasteiger partial charge in [0, 0.05) is 5.41 Å². The van der Waals surface area contributed by atoms with Gasteiger partial charge in [0.1, 0.15) is 0 Å². The molecule has 0 aromatic carbocycles. The maximum atomic E-state index is 9.38. The van der Waals surface area contributed by atoms with Gasteiger partial charge in [-0.3, -0.25) is 0 Å². The molecule has 1 fully saturated rings. The third-order valence-corrected chi connectivity index (χ3v) is 2.42. The second-order valence-electron chi connectivity index (χ2n) is 3.12. The van der Waals surface area contributed by atoms with Crippen LogP contribution in [0.3, 0.4) is 0 Å². The van der Waals surface area contributed by atoms with Crippen LogP contribution in [0.1, 0.15) is 26.2 Å². The van der Waals surface area contributed by atoms with Gasteiger partial charge >= 0.3 is 0 Å². The van der Waals surface area contributed by atoms with Crippen molar-refractivity contribution in [3.05, 3.63) is 12.7 Å². The van der Waals surface area contributed by atoms with Gasteiger partial charge in [-0.05, 0) is 19.3 Å². The van der Waals surface area contributed by atoms with Crippen molar-refractivity contribution < 1.29 is 5.11 Å². The van der Waals surface area contributed by atoms with E-state index in [1.807, 2.05) is 6.08 Å². The fourth-order valence-electron chi connectivity index (χ4n) is 1.41. The zero-order valence-corrected chi connectivity index (χ0v) is 5.93. The molecule has 1 rings (SSSR count). The second kappa shape index (κ2) is 2.14. The average molecular weight is 126 g/mol. The van der Waals surface area contributed by atoms with E-state index in [1.165, 1.54) is 0 Å². The van der Waals surface area contributed by atoms with Crippen molar-refractivity contribution in [1.29, 1.82) is 0 Å². The van der Waals surface area contributed by atoms with E-state index in [2.05, 4.69) is 13.5 Å². The standard InChI is InChI=1S/C8H14O/c1-3-8(2)6-4-5-7(8)9/h3,7,9H,1,4-6H2,2H3/t7-,8-/m1/s1. The first-order valence-electron chi connectivity index (χ1n) is 3.51. The predicted octanol–water partition coefficient (Wildman–Crippen LogP) is 1.72. The largest absolute Gasteiger partial charge is 0.392 e. The predicted molar refractivity (Wildman–Crippen MR) is 38.2 cm³/mol. The molecular weight excluding hydrogens is 112 g/mol. The number of hydrogen-bond acceptors (Lipinski definition) is 1. The van der Waals surface area contributed by atoms with E-state index in [-0.39, 0.29) is 11.5 Å². The van der Waals surface area contributed by atoms with Crippen LogP contribution in [0.4, 0.5) is 0 Å². The Balaban J connectivity index is 2.66. The molecule has 1 nitrogen and oxygen atoms in total. The Bertz CT molecular complexity index is 120. The Morgan fingerprint density at radius 3 is 2.67 bits per heavy atom. The molecule has 0 bridgehead atoms. The van der Waals surface area contributed by atoms with Crippen LogP contribution in [-0.4, -0.2) is 11.2 Å². The van der Waals surface area contributed by atoms with Gasteiger partial charge in [0.2, 0.25) is 0 Å². The molecule has 0 spiro atoms. The lowest BCUT2D eigenvalue weighted by molar-refractivity contribution is 0.0991. The van der Waals surface area contributed by atoms with Crippen molar-refractivity contribution in [3.63, 3.8) is 0 Å². The summed E-state index contributed by atoms with van der Waals surface area (Å²) in [5.74, 6) is 0. The minimum atomic E-state index is -0.144. The van der Waals surface area contributed by atoms with Crippen molar-refractivity contribution in [3.8, 4) is 0 Å². The fourth-order valence-corrected chi connectivity index (χ4v) is 1.41. The van der Waals surface area contributed by atoms with Crippen molar-refractivity contribution >= 4 is 0 Å². The molecule has 9 heavy (non-hydrogen) atoms. The molecule has 0 radical (unpaired) electrons. The molecule has 0 aliphatic heterocycles. The lowest BCUT2D eigenvalue weighted by Gasteiger charge is -2.22. The van der Waals surface area contributed by atoms with Gasteiger partial charge in [-0.1, -0.05) is 13.0 Å². The molecule has 1 aliphatic carbocycles. The third-order valence-electron chi connectivity index (χ3n) is 2.42. The van der Waals surface area contributed by atoms with Crippen LogP contribution in [0.5, 0.6) is 0 Å². The van der Waals surface area contributed by atoms with E-state index in [0.29, 0.717) is 0 Å². The third kappa shape index (κ3) is 1.01. The monoisotopic (exact) mass is 126 g/mol. The summed E-state index contributed by atoms with van der Waals surface area (Å²) in [5, 5.41) is 9.38. The fraction of sp³-hybridized carbons (Fsp3) is 0.750. The molecule has 52 valence electrons. The normalized spacial score (nSPS) is 43.1. The Morgan fingerprint density at radius 2 is 2.44 bits per heavy atom. The van der Waals surface area contributed by atoms with Crippen molar-refractivity contribution in [1.82, 2.24) is 0 Å². The first-order valence-corrected chi connectivity index (χ1v) is 3.51. The van der Waals surface area contributed by atoms with Gasteiger partial charge in [0.05, 0.1) is 6.10 Å². The van der Waals surface area contributed by atoms with E-state index < -0.39 is 0 Å². The molecule has 1 N–H and O–H groups in total. The van der Waals surface area contributed by atoms with Crippen LogP contribution in [-0.2, 0) is 0 Å². The Morgan fingerprint density at radius 1 is 1.78 bits per heavy atom. The van der Waals surface area contributed by atoms with E-state index in [4.69, 9.17) is 0 Å². The molecule has 0 amide bonds. The van der Waals surface area contributed by atoms with Crippen LogP contribution in [0.25, 0.3) is 0 Å². The summed E-state index contributed by atoms with van der Waals surface area (Å²) in [6, 6.07) is 0. The molecule has 1 saturated carbocycles. The minimum Gasteiger partial charge on any atom is -0.392 e. The van der Waals surface area contributed by atoms with E-state index >= 15 is 0 Å². The number of aliphatic hydroxyl groups excluding tert-OH is 1. The Kier molecular flexibility index (Phi) is 1.62. The molecule has 1 aliphatic rings. The van der Waals surface area contributed by atoms with Crippen LogP contribution < -0.4 is 0 Å². The second-order valence-corrected chi connectivity index (χ2v) is 3.12. The highest BCUT2D eigenvalue weighted by Crippen LogP contribution is 2.38. The molecule has 2 atom stereocenters. The molecule has 0 aromatic rings. The van der Waals surface area contributed by atoms with E-state index in [0.717, 1.165) is 19.3 Å². The summed E-state index contributed by atoms with van der Waals surface area (Å²) in [6.07, 6.45) is 4.92. The van der Waals surface area contributed by atoms with Crippen LogP contribution >= 0.6 is 0 Å². The van der Waals surface area contributed by atoms with Gasteiger partial charge in [0.25, 0.3) is 0 Å². The number of rotatable bonds is 1. The van der Waals surface area contributed by atoms with E-state index in [9.17, 15) is 5.11 Å². The van der Waals surface area contributed by atoms with Gasteiger partial charge in [-0.15, -0.1) is 6.58 Å². The maximum absolute atomic E-state index is 9.38. The lowest BCUT2D eigenvalue weighted by atomic mass is 9.87. The van der Waals surface area contributed by atoms with Gasteiger partial charge < -0.3 is 5.11 Å².